The maximum absolute atomic E-state index is 13.3. The van der Waals surface area contributed by atoms with E-state index in [0.29, 0.717) is 16.5 Å². The third-order valence-electron chi connectivity index (χ3n) is 3.17. The van der Waals surface area contributed by atoms with Gasteiger partial charge in [-0.15, -0.1) is 0 Å². The summed E-state index contributed by atoms with van der Waals surface area (Å²) in [6.45, 7) is 0. The van der Waals surface area contributed by atoms with Crippen molar-refractivity contribution in [1.82, 2.24) is 9.97 Å². The molecule has 2 aromatic carbocycles. The number of benzene rings is 2. The lowest BCUT2D eigenvalue weighted by Gasteiger charge is -2.12. The number of anilines is 5. The molecule has 4 N–H and O–H groups in total. The topological polar surface area (TPSA) is 75.9 Å². The Morgan fingerprint density at radius 1 is 0.833 bits per heavy atom. The fourth-order valence-corrected chi connectivity index (χ4v) is 2.10. The summed E-state index contributed by atoms with van der Waals surface area (Å²) < 4.78 is 26.3. The van der Waals surface area contributed by atoms with Crippen LogP contribution in [0.1, 0.15) is 0 Å². The van der Waals surface area contributed by atoms with Crippen LogP contribution in [0.15, 0.2) is 48.8 Å². The van der Waals surface area contributed by atoms with Crippen LogP contribution in [-0.2, 0) is 0 Å². The summed E-state index contributed by atoms with van der Waals surface area (Å²) in [6.07, 6.45) is 1.30. The number of nitrogen functional groups attached to an aromatic ring is 1. The molecular weight excluding hydrogens is 336 g/mol. The molecule has 0 radical (unpaired) electrons. The van der Waals surface area contributed by atoms with Gasteiger partial charge in [-0.25, -0.2) is 18.7 Å². The SMILES string of the molecule is Nc1c(Nc2ccc(Cl)cc2)ncnc1Nc1ccc(F)c(F)c1. The van der Waals surface area contributed by atoms with Crippen LogP contribution in [0.4, 0.5) is 37.5 Å². The highest BCUT2D eigenvalue weighted by Crippen LogP contribution is 2.28. The number of nitrogens with zero attached hydrogens (tertiary/aromatic N) is 2. The van der Waals surface area contributed by atoms with Crippen molar-refractivity contribution in [3.8, 4) is 0 Å². The van der Waals surface area contributed by atoms with Crippen LogP contribution >= 0.6 is 11.6 Å². The second-order valence-corrected chi connectivity index (χ2v) is 5.31. The van der Waals surface area contributed by atoms with Gasteiger partial charge in [0, 0.05) is 22.5 Å². The van der Waals surface area contributed by atoms with E-state index in [1.54, 1.807) is 24.3 Å². The molecule has 0 amide bonds. The van der Waals surface area contributed by atoms with Crippen LogP contribution in [0.2, 0.25) is 5.02 Å². The fourth-order valence-electron chi connectivity index (χ4n) is 1.98. The number of rotatable bonds is 4. The van der Waals surface area contributed by atoms with Gasteiger partial charge in [0.25, 0.3) is 0 Å². The average molecular weight is 348 g/mol. The van der Waals surface area contributed by atoms with Crippen LogP contribution < -0.4 is 16.4 Å². The van der Waals surface area contributed by atoms with Crippen molar-refractivity contribution in [1.29, 1.82) is 0 Å². The van der Waals surface area contributed by atoms with Gasteiger partial charge in [-0.3, -0.25) is 0 Å². The molecule has 1 aromatic heterocycles. The number of aromatic nitrogens is 2. The predicted molar refractivity (Wildman–Crippen MR) is 90.8 cm³/mol. The van der Waals surface area contributed by atoms with Crippen LogP contribution in [0, 0.1) is 11.6 Å². The summed E-state index contributed by atoms with van der Waals surface area (Å²) in [6, 6.07) is 10.4. The lowest BCUT2D eigenvalue weighted by Crippen LogP contribution is -2.05. The highest BCUT2D eigenvalue weighted by Gasteiger charge is 2.10. The molecule has 0 atom stereocenters. The van der Waals surface area contributed by atoms with Gasteiger partial charge in [0.05, 0.1) is 0 Å². The normalized spacial score (nSPS) is 10.5. The molecular formula is C16H12ClF2N5. The molecule has 3 aromatic rings. The van der Waals surface area contributed by atoms with E-state index in [9.17, 15) is 8.78 Å². The quantitative estimate of drug-likeness (QED) is 0.649. The molecule has 0 aliphatic carbocycles. The zero-order chi connectivity index (χ0) is 17.1. The molecule has 8 heteroatoms. The fraction of sp³-hybridized carbons (Fsp3) is 0. The van der Waals surface area contributed by atoms with Gasteiger partial charge >= 0.3 is 0 Å². The largest absolute Gasteiger partial charge is 0.393 e. The molecule has 0 spiro atoms. The molecule has 0 bridgehead atoms. The minimum absolute atomic E-state index is 0.234. The Morgan fingerprint density at radius 3 is 2.04 bits per heavy atom. The van der Waals surface area contributed by atoms with E-state index in [4.69, 9.17) is 17.3 Å². The zero-order valence-corrected chi connectivity index (χ0v) is 13.0. The Labute approximate surface area is 141 Å². The first kappa shape index (κ1) is 15.9. The number of hydrogen-bond donors (Lipinski definition) is 3. The molecule has 122 valence electrons. The summed E-state index contributed by atoms with van der Waals surface area (Å²) >= 11 is 5.84. The number of nitrogens with two attached hydrogens (primary N) is 1. The molecule has 24 heavy (non-hydrogen) atoms. The summed E-state index contributed by atoms with van der Waals surface area (Å²) in [4.78, 5) is 8.09. The molecule has 0 unspecified atom stereocenters. The van der Waals surface area contributed by atoms with Gasteiger partial charge in [-0.2, -0.15) is 0 Å². The molecule has 0 aliphatic rings. The second-order valence-electron chi connectivity index (χ2n) is 4.87. The lowest BCUT2D eigenvalue weighted by molar-refractivity contribution is 0.509. The standard InChI is InChI=1S/C16H12ClF2N5/c17-9-1-3-10(4-2-9)23-15-14(20)16(22-8-21-15)24-11-5-6-12(18)13(19)7-11/h1-8H,20H2,(H2,21,22,23,24). The smallest absolute Gasteiger partial charge is 0.160 e. The molecule has 0 aliphatic heterocycles. The van der Waals surface area contributed by atoms with Crippen molar-refractivity contribution < 1.29 is 8.78 Å². The number of nitrogens with one attached hydrogen (secondary N) is 2. The number of hydrogen-bond acceptors (Lipinski definition) is 5. The van der Waals surface area contributed by atoms with Gasteiger partial charge in [0.1, 0.15) is 12.0 Å². The molecule has 5 nitrogen and oxygen atoms in total. The Kier molecular flexibility index (Phi) is 4.43. The van der Waals surface area contributed by atoms with E-state index in [1.165, 1.54) is 12.4 Å². The summed E-state index contributed by atoms with van der Waals surface area (Å²) in [5.74, 6) is -1.25. The van der Waals surface area contributed by atoms with E-state index in [-0.39, 0.29) is 11.5 Å². The average Bonchev–Trinajstić information content (AvgIpc) is 2.57. The van der Waals surface area contributed by atoms with Crippen LogP contribution in [-0.4, -0.2) is 9.97 Å². The molecule has 0 saturated carbocycles. The molecule has 1 heterocycles. The number of halogens is 3. The van der Waals surface area contributed by atoms with Gasteiger partial charge in [-0.05, 0) is 36.4 Å². The van der Waals surface area contributed by atoms with Gasteiger partial charge in [0.15, 0.2) is 23.3 Å². The van der Waals surface area contributed by atoms with Crippen LogP contribution in [0.3, 0.4) is 0 Å². The Morgan fingerprint density at radius 2 is 1.42 bits per heavy atom. The predicted octanol–water partition coefficient (Wildman–Crippen LogP) is 4.48. The van der Waals surface area contributed by atoms with Crippen molar-refractivity contribution in [2.24, 2.45) is 0 Å². The molecule has 0 saturated heterocycles. The van der Waals surface area contributed by atoms with Gasteiger partial charge < -0.3 is 16.4 Å². The van der Waals surface area contributed by atoms with Crippen molar-refractivity contribution in [3.63, 3.8) is 0 Å². The molecule has 3 rings (SSSR count). The summed E-state index contributed by atoms with van der Waals surface area (Å²) in [7, 11) is 0. The lowest BCUT2D eigenvalue weighted by atomic mass is 10.3. The maximum Gasteiger partial charge on any atom is 0.160 e. The Hall–Kier alpha value is -2.93. The Balaban J connectivity index is 1.84. The maximum atomic E-state index is 13.3. The highest BCUT2D eigenvalue weighted by molar-refractivity contribution is 6.30. The third kappa shape index (κ3) is 3.52. The summed E-state index contributed by atoms with van der Waals surface area (Å²) in [5, 5.41) is 6.48. The molecule has 0 fully saturated rings. The third-order valence-corrected chi connectivity index (χ3v) is 3.43. The van der Waals surface area contributed by atoms with Crippen molar-refractivity contribution >= 4 is 40.3 Å². The van der Waals surface area contributed by atoms with Crippen LogP contribution in [0.5, 0.6) is 0 Å². The van der Waals surface area contributed by atoms with Crippen molar-refractivity contribution in [2.45, 2.75) is 0 Å². The Bertz CT molecular complexity index is 871. The monoisotopic (exact) mass is 347 g/mol. The van der Waals surface area contributed by atoms with E-state index < -0.39 is 11.6 Å². The van der Waals surface area contributed by atoms with E-state index in [1.807, 2.05) is 0 Å². The van der Waals surface area contributed by atoms with E-state index in [0.717, 1.165) is 17.8 Å². The first-order valence-corrected chi connectivity index (χ1v) is 7.26. The van der Waals surface area contributed by atoms with Crippen molar-refractivity contribution in [2.75, 3.05) is 16.4 Å². The van der Waals surface area contributed by atoms with E-state index >= 15 is 0 Å². The van der Waals surface area contributed by atoms with Gasteiger partial charge in [0.2, 0.25) is 0 Å². The minimum Gasteiger partial charge on any atom is -0.393 e. The zero-order valence-electron chi connectivity index (χ0n) is 12.2. The summed E-state index contributed by atoms with van der Waals surface area (Å²) in [5.41, 5.74) is 7.32. The minimum atomic E-state index is -0.966. The van der Waals surface area contributed by atoms with Gasteiger partial charge in [-0.1, -0.05) is 11.6 Å². The van der Waals surface area contributed by atoms with Crippen molar-refractivity contribution in [3.05, 3.63) is 65.4 Å². The highest BCUT2D eigenvalue weighted by atomic mass is 35.5. The van der Waals surface area contributed by atoms with Crippen LogP contribution in [0.25, 0.3) is 0 Å². The first-order valence-electron chi connectivity index (χ1n) is 6.88. The first-order chi connectivity index (χ1) is 11.5. The second kappa shape index (κ2) is 6.67. The van der Waals surface area contributed by atoms with E-state index in [2.05, 4.69) is 20.6 Å².